The van der Waals surface area contributed by atoms with Crippen molar-refractivity contribution in [1.82, 2.24) is 9.78 Å². The second-order valence-corrected chi connectivity index (χ2v) is 5.15. The van der Waals surface area contributed by atoms with Gasteiger partial charge in [0.15, 0.2) is 0 Å². The zero-order chi connectivity index (χ0) is 12.6. The van der Waals surface area contributed by atoms with Gasteiger partial charge >= 0.3 is 0 Å². The first-order chi connectivity index (χ1) is 7.89. The van der Waals surface area contributed by atoms with E-state index in [0.717, 1.165) is 16.6 Å². The summed E-state index contributed by atoms with van der Waals surface area (Å²) >= 11 is 0. The third kappa shape index (κ3) is 2.16. The molecule has 1 N–H and O–H groups in total. The number of hydrogen-bond acceptors (Lipinski definition) is 2. The fraction of sp³-hybridized carbons (Fsp3) is 0.385. The van der Waals surface area contributed by atoms with Gasteiger partial charge in [-0.25, -0.2) is 0 Å². The molecular formula is C13H17N3O. The average molecular weight is 231 g/mol. The lowest BCUT2D eigenvalue weighted by Crippen LogP contribution is -2.22. The molecule has 0 spiro atoms. The molecule has 0 aliphatic carbocycles. The van der Waals surface area contributed by atoms with Crippen molar-refractivity contribution in [3.05, 3.63) is 24.4 Å². The highest BCUT2D eigenvalue weighted by atomic mass is 16.1. The Morgan fingerprint density at radius 1 is 1.35 bits per heavy atom. The van der Waals surface area contributed by atoms with Crippen molar-refractivity contribution in [2.24, 2.45) is 0 Å². The minimum absolute atomic E-state index is 0.0685. The van der Waals surface area contributed by atoms with E-state index in [4.69, 9.17) is 0 Å². The summed E-state index contributed by atoms with van der Waals surface area (Å²) in [5, 5.41) is 8.19. The van der Waals surface area contributed by atoms with Crippen molar-refractivity contribution >= 4 is 22.5 Å². The van der Waals surface area contributed by atoms with Crippen molar-refractivity contribution in [2.75, 3.05) is 5.32 Å². The summed E-state index contributed by atoms with van der Waals surface area (Å²) in [5.41, 5.74) is 1.77. The molecule has 0 atom stereocenters. The number of fused-ring (bicyclic) bond motifs is 1. The molecule has 0 saturated carbocycles. The number of carbonyl (C=O) groups excluding carboxylic acids is 1. The zero-order valence-corrected chi connectivity index (χ0v) is 10.6. The summed E-state index contributed by atoms with van der Waals surface area (Å²) < 4.78 is 1.97. The largest absolute Gasteiger partial charge is 0.326 e. The minimum atomic E-state index is -0.0728. The Bertz CT molecular complexity index is 564. The highest BCUT2D eigenvalue weighted by Gasteiger charge is 2.17. The maximum Gasteiger partial charge on any atom is 0.221 e. The van der Waals surface area contributed by atoms with Crippen LogP contribution in [0.2, 0.25) is 0 Å². The van der Waals surface area contributed by atoms with Gasteiger partial charge in [0.1, 0.15) is 0 Å². The van der Waals surface area contributed by atoms with Crippen LogP contribution < -0.4 is 5.32 Å². The maximum atomic E-state index is 11.1. The second kappa shape index (κ2) is 3.87. The molecule has 4 heteroatoms. The van der Waals surface area contributed by atoms with Gasteiger partial charge in [0, 0.05) is 12.3 Å². The van der Waals surface area contributed by atoms with Gasteiger partial charge in [0.2, 0.25) is 5.91 Å². The first kappa shape index (κ1) is 11.6. The molecule has 0 aliphatic rings. The van der Waals surface area contributed by atoms with Crippen LogP contribution in [0.25, 0.3) is 10.9 Å². The molecule has 4 nitrogen and oxygen atoms in total. The lowest BCUT2D eigenvalue weighted by atomic mass is 10.1. The van der Waals surface area contributed by atoms with Crippen molar-refractivity contribution < 1.29 is 4.79 Å². The van der Waals surface area contributed by atoms with Crippen molar-refractivity contribution in [3.63, 3.8) is 0 Å². The number of anilines is 1. The third-order valence-corrected chi connectivity index (χ3v) is 2.56. The molecule has 1 heterocycles. The van der Waals surface area contributed by atoms with Gasteiger partial charge in [-0.2, -0.15) is 5.10 Å². The molecule has 1 amide bonds. The van der Waals surface area contributed by atoms with Crippen LogP contribution in [0.4, 0.5) is 5.69 Å². The first-order valence-corrected chi connectivity index (χ1v) is 5.64. The molecule has 0 saturated heterocycles. The Morgan fingerprint density at radius 3 is 2.65 bits per heavy atom. The molecule has 0 aliphatic heterocycles. The monoisotopic (exact) mass is 231 g/mol. The van der Waals surface area contributed by atoms with E-state index in [9.17, 15) is 4.79 Å². The summed E-state index contributed by atoms with van der Waals surface area (Å²) in [6, 6.07) is 5.83. The van der Waals surface area contributed by atoms with Crippen LogP contribution in [0.1, 0.15) is 27.7 Å². The van der Waals surface area contributed by atoms with Crippen LogP contribution in [0.15, 0.2) is 24.4 Å². The number of hydrogen-bond donors (Lipinski definition) is 1. The van der Waals surface area contributed by atoms with Gasteiger partial charge in [-0.15, -0.1) is 0 Å². The number of amides is 1. The molecule has 0 unspecified atom stereocenters. The standard InChI is InChI=1S/C13H17N3O/c1-9(17)15-11-6-5-7-12-10(11)8-14-16(12)13(2,3)4/h5-8H,1-4H3,(H,15,17). The Hall–Kier alpha value is -1.84. The van der Waals surface area contributed by atoms with Crippen LogP contribution in [0.5, 0.6) is 0 Å². The molecule has 2 rings (SSSR count). The van der Waals surface area contributed by atoms with E-state index < -0.39 is 0 Å². The number of carbonyl (C=O) groups is 1. The van der Waals surface area contributed by atoms with Crippen LogP contribution in [0.3, 0.4) is 0 Å². The Morgan fingerprint density at radius 2 is 2.06 bits per heavy atom. The lowest BCUT2D eigenvalue weighted by molar-refractivity contribution is -0.114. The van der Waals surface area contributed by atoms with Gasteiger partial charge in [0.05, 0.1) is 22.9 Å². The summed E-state index contributed by atoms with van der Waals surface area (Å²) in [6.07, 6.45) is 1.80. The van der Waals surface area contributed by atoms with E-state index in [2.05, 4.69) is 31.2 Å². The van der Waals surface area contributed by atoms with Crippen molar-refractivity contribution in [3.8, 4) is 0 Å². The number of aromatic nitrogens is 2. The number of nitrogens with one attached hydrogen (secondary N) is 1. The number of nitrogens with zero attached hydrogens (tertiary/aromatic N) is 2. The maximum absolute atomic E-state index is 11.1. The summed E-state index contributed by atoms with van der Waals surface area (Å²) in [6.45, 7) is 7.81. The molecule has 1 aromatic heterocycles. The molecule has 0 bridgehead atoms. The SMILES string of the molecule is CC(=O)Nc1cccc2c1cnn2C(C)(C)C. The molecule has 0 fully saturated rings. The summed E-state index contributed by atoms with van der Waals surface area (Å²) in [4.78, 5) is 11.1. The van der Waals surface area contributed by atoms with E-state index in [1.165, 1.54) is 6.92 Å². The Kier molecular flexibility index (Phi) is 2.65. The molecular weight excluding hydrogens is 214 g/mol. The van der Waals surface area contributed by atoms with Gasteiger partial charge in [-0.1, -0.05) is 6.07 Å². The number of benzene rings is 1. The van der Waals surface area contributed by atoms with E-state index in [-0.39, 0.29) is 11.4 Å². The quantitative estimate of drug-likeness (QED) is 0.820. The molecule has 2 aromatic rings. The third-order valence-electron chi connectivity index (χ3n) is 2.56. The molecule has 17 heavy (non-hydrogen) atoms. The molecule has 1 aromatic carbocycles. The van der Waals surface area contributed by atoms with E-state index in [1.54, 1.807) is 6.20 Å². The molecule has 0 radical (unpaired) electrons. The van der Waals surface area contributed by atoms with Gasteiger partial charge in [0.25, 0.3) is 0 Å². The fourth-order valence-electron chi connectivity index (χ4n) is 1.88. The van der Waals surface area contributed by atoms with Crippen molar-refractivity contribution in [1.29, 1.82) is 0 Å². The first-order valence-electron chi connectivity index (χ1n) is 5.64. The molecule has 90 valence electrons. The summed E-state index contributed by atoms with van der Waals surface area (Å²) in [7, 11) is 0. The highest BCUT2D eigenvalue weighted by Crippen LogP contribution is 2.27. The smallest absolute Gasteiger partial charge is 0.221 e. The van der Waals surface area contributed by atoms with Gasteiger partial charge < -0.3 is 5.32 Å². The van der Waals surface area contributed by atoms with Gasteiger partial charge in [-0.05, 0) is 32.9 Å². The van der Waals surface area contributed by atoms with Crippen LogP contribution >= 0.6 is 0 Å². The normalized spacial score (nSPS) is 11.8. The Balaban J connectivity index is 2.61. The summed E-state index contributed by atoms with van der Waals surface area (Å²) in [5.74, 6) is -0.0685. The van der Waals surface area contributed by atoms with Crippen LogP contribution in [-0.2, 0) is 10.3 Å². The predicted molar refractivity (Wildman–Crippen MR) is 69.0 cm³/mol. The van der Waals surface area contributed by atoms with E-state index >= 15 is 0 Å². The topological polar surface area (TPSA) is 46.9 Å². The Labute approximate surface area is 101 Å². The zero-order valence-electron chi connectivity index (χ0n) is 10.6. The predicted octanol–water partition coefficient (Wildman–Crippen LogP) is 2.75. The fourth-order valence-corrected chi connectivity index (χ4v) is 1.88. The van der Waals surface area contributed by atoms with Crippen LogP contribution in [-0.4, -0.2) is 15.7 Å². The average Bonchev–Trinajstić information content (AvgIpc) is 2.60. The van der Waals surface area contributed by atoms with E-state index in [1.807, 2.05) is 22.9 Å². The van der Waals surface area contributed by atoms with Crippen LogP contribution in [0, 0.1) is 0 Å². The lowest BCUT2D eigenvalue weighted by Gasteiger charge is -2.20. The second-order valence-electron chi connectivity index (χ2n) is 5.15. The number of rotatable bonds is 1. The van der Waals surface area contributed by atoms with E-state index in [0.29, 0.717) is 0 Å². The minimum Gasteiger partial charge on any atom is -0.326 e. The van der Waals surface area contributed by atoms with Crippen molar-refractivity contribution in [2.45, 2.75) is 33.2 Å². The van der Waals surface area contributed by atoms with Gasteiger partial charge in [-0.3, -0.25) is 9.48 Å². The highest BCUT2D eigenvalue weighted by molar-refractivity contribution is 6.00.